The molecular weight excluding hydrogens is 847 g/mol. The predicted molar refractivity (Wildman–Crippen MR) is 258 cm³/mol. The largest absolute Gasteiger partial charge is 0.495 e. The van der Waals surface area contributed by atoms with Gasteiger partial charge in [0.25, 0.3) is 0 Å². The summed E-state index contributed by atoms with van der Waals surface area (Å²) >= 11 is 0. The van der Waals surface area contributed by atoms with Crippen LogP contribution in [0.3, 0.4) is 0 Å². The van der Waals surface area contributed by atoms with Crippen molar-refractivity contribution in [2.45, 2.75) is 58.7 Å². The number of nitrogens with zero attached hydrogens (tertiary/aromatic N) is 1. The minimum atomic E-state index is -3.67. The molecule has 0 amide bonds. The minimum absolute atomic E-state index is 0.221. The molecule has 0 aliphatic rings. The molecular formula is C55H60NO9Si+. The lowest BCUT2D eigenvalue weighted by molar-refractivity contribution is -0.903. The van der Waals surface area contributed by atoms with Crippen LogP contribution in [0.2, 0.25) is 6.04 Å². The van der Waals surface area contributed by atoms with Gasteiger partial charge in [0.2, 0.25) is 0 Å². The maximum atomic E-state index is 10.2. The molecule has 0 spiro atoms. The Balaban J connectivity index is 1.12. The van der Waals surface area contributed by atoms with Crippen LogP contribution in [0.15, 0.2) is 176 Å². The lowest BCUT2D eigenvalue weighted by atomic mass is 10.1. The third-order valence-electron chi connectivity index (χ3n) is 10.8. The SMILES string of the molecule is CO[Si](O)(O)CCC[N+](C)(C)Cc1cc(OCc2cc(OCc3ccccc3)cc(OCc3ccccc3)c2)cc(OCc2cc(OCc3ccccc3)cc(OCc3ccccc3)c2)c1. The van der Waals surface area contributed by atoms with E-state index in [9.17, 15) is 9.59 Å². The highest BCUT2D eigenvalue weighted by molar-refractivity contribution is 6.57. The van der Waals surface area contributed by atoms with E-state index in [0.29, 0.717) is 84.9 Å². The molecule has 0 heterocycles. The third kappa shape index (κ3) is 15.8. The third-order valence-corrected chi connectivity index (χ3v) is 12.5. The van der Waals surface area contributed by atoms with Crippen LogP contribution in [0.4, 0.5) is 0 Å². The molecule has 11 heteroatoms. The van der Waals surface area contributed by atoms with Crippen LogP contribution in [0, 0.1) is 0 Å². The van der Waals surface area contributed by atoms with Crippen molar-refractivity contribution in [1.29, 1.82) is 0 Å². The minimum Gasteiger partial charge on any atom is -0.489 e. The van der Waals surface area contributed by atoms with E-state index in [0.717, 1.165) is 38.9 Å². The molecule has 0 fully saturated rings. The van der Waals surface area contributed by atoms with E-state index >= 15 is 0 Å². The fourth-order valence-corrected chi connectivity index (χ4v) is 8.18. The molecule has 2 N–H and O–H groups in total. The summed E-state index contributed by atoms with van der Waals surface area (Å²) in [7, 11) is 1.92. The fourth-order valence-electron chi connectivity index (χ4n) is 7.36. The Bertz CT molecular complexity index is 2260. The lowest BCUT2D eigenvalue weighted by Gasteiger charge is -2.30. The van der Waals surface area contributed by atoms with E-state index in [-0.39, 0.29) is 19.3 Å². The van der Waals surface area contributed by atoms with E-state index in [4.69, 9.17) is 32.8 Å². The Morgan fingerprint density at radius 3 is 0.939 bits per heavy atom. The van der Waals surface area contributed by atoms with Crippen LogP contribution in [-0.2, 0) is 50.6 Å². The quantitative estimate of drug-likeness (QED) is 0.0428. The summed E-state index contributed by atoms with van der Waals surface area (Å²) in [5.74, 6) is 3.96. The molecule has 0 unspecified atom stereocenters. The van der Waals surface area contributed by atoms with Crippen molar-refractivity contribution in [3.63, 3.8) is 0 Å². The molecule has 342 valence electrons. The summed E-state index contributed by atoms with van der Waals surface area (Å²) in [6.45, 7) is 3.45. The van der Waals surface area contributed by atoms with Crippen LogP contribution in [0.5, 0.6) is 34.5 Å². The molecule has 0 aromatic heterocycles. The maximum absolute atomic E-state index is 10.2. The molecule has 7 aromatic rings. The van der Waals surface area contributed by atoms with Crippen molar-refractivity contribution in [3.8, 4) is 34.5 Å². The first-order chi connectivity index (χ1) is 32.0. The van der Waals surface area contributed by atoms with Gasteiger partial charge >= 0.3 is 8.80 Å². The second-order valence-electron chi connectivity index (χ2n) is 17.0. The van der Waals surface area contributed by atoms with Gasteiger partial charge in [-0.1, -0.05) is 121 Å². The number of rotatable bonds is 25. The smallest absolute Gasteiger partial charge is 0.489 e. The van der Waals surface area contributed by atoms with Crippen molar-refractivity contribution in [2.24, 2.45) is 0 Å². The molecule has 7 rings (SSSR count). The highest BCUT2D eigenvalue weighted by Crippen LogP contribution is 2.31. The topological polar surface area (TPSA) is 105 Å². The van der Waals surface area contributed by atoms with Crippen molar-refractivity contribution >= 4 is 8.80 Å². The number of hydrogen-bond donors (Lipinski definition) is 2. The van der Waals surface area contributed by atoms with Gasteiger partial charge in [0, 0.05) is 43.3 Å². The molecule has 10 nitrogen and oxygen atoms in total. The molecule has 0 atom stereocenters. The monoisotopic (exact) mass is 906 g/mol. The van der Waals surface area contributed by atoms with Gasteiger partial charge in [-0.15, -0.1) is 0 Å². The molecule has 66 heavy (non-hydrogen) atoms. The standard InChI is InChI=1S/C55H60NO9Si/c1-56(2,25-16-26-66(57,58)59-3)36-47-27-50(64-41-48-29-52(60-37-43-17-8-4-9-18-43)34-53(30-48)61-38-44-19-10-5-11-20-44)33-51(28-47)65-42-49-31-54(62-39-45-21-12-6-13-22-45)35-55(32-49)63-40-46-23-14-7-15-24-46/h4-15,17-24,27-35,57-58H,16,25-26,36-42H2,1-3H3/q+1. The molecule has 0 bridgehead atoms. The lowest BCUT2D eigenvalue weighted by Crippen LogP contribution is -2.42. The van der Waals surface area contributed by atoms with E-state index in [1.165, 1.54) is 7.11 Å². The Morgan fingerprint density at radius 1 is 0.379 bits per heavy atom. The first-order valence-corrected chi connectivity index (χ1v) is 24.2. The molecule has 0 aliphatic heterocycles. The number of hydrogen-bond acceptors (Lipinski definition) is 9. The summed E-state index contributed by atoms with van der Waals surface area (Å²) in [4.78, 5) is 20.4. The van der Waals surface area contributed by atoms with Crippen molar-refractivity contribution in [1.82, 2.24) is 0 Å². The van der Waals surface area contributed by atoms with Gasteiger partial charge in [-0.25, -0.2) is 0 Å². The Kier molecular flexibility index (Phi) is 16.9. The summed E-state index contributed by atoms with van der Waals surface area (Å²) < 4.78 is 43.9. The van der Waals surface area contributed by atoms with Crippen LogP contribution >= 0.6 is 0 Å². The Labute approximate surface area is 390 Å². The van der Waals surface area contributed by atoms with Crippen LogP contribution in [-0.4, -0.2) is 50.6 Å². The molecule has 7 aromatic carbocycles. The average molecular weight is 907 g/mol. The summed E-state index contributed by atoms with van der Waals surface area (Å²) in [6, 6.07) is 58.2. The average Bonchev–Trinajstić information content (AvgIpc) is 3.33. The highest BCUT2D eigenvalue weighted by atomic mass is 28.4. The summed E-state index contributed by atoms with van der Waals surface area (Å²) in [5.41, 5.74) is 7.00. The van der Waals surface area contributed by atoms with E-state index in [2.05, 4.69) is 14.1 Å². The van der Waals surface area contributed by atoms with Crippen molar-refractivity contribution in [3.05, 3.63) is 215 Å². The fraction of sp³-hybridized carbons (Fsp3) is 0.236. The van der Waals surface area contributed by atoms with Gasteiger partial charge < -0.3 is 46.9 Å². The zero-order valence-corrected chi connectivity index (χ0v) is 39.0. The number of quaternary nitrogens is 1. The first-order valence-electron chi connectivity index (χ1n) is 22.2. The zero-order chi connectivity index (χ0) is 46.0. The van der Waals surface area contributed by atoms with Crippen LogP contribution in [0.25, 0.3) is 0 Å². The second kappa shape index (κ2) is 23.5. The number of ether oxygens (including phenoxy) is 6. The normalized spacial score (nSPS) is 11.5. The van der Waals surface area contributed by atoms with E-state index in [1.54, 1.807) is 0 Å². The molecule has 0 radical (unpaired) electrons. The molecule has 0 aliphatic carbocycles. The predicted octanol–water partition coefficient (Wildman–Crippen LogP) is 10.7. The first kappa shape index (κ1) is 47.4. The summed E-state index contributed by atoms with van der Waals surface area (Å²) in [5, 5.41) is 0. The van der Waals surface area contributed by atoms with Gasteiger partial charge in [0.1, 0.15) is 80.7 Å². The Hall–Kier alpha value is -6.60. The van der Waals surface area contributed by atoms with E-state index < -0.39 is 8.80 Å². The van der Waals surface area contributed by atoms with E-state index in [1.807, 2.05) is 176 Å². The second-order valence-corrected chi connectivity index (χ2v) is 19.4. The van der Waals surface area contributed by atoms with Gasteiger partial charge in [0.15, 0.2) is 0 Å². The van der Waals surface area contributed by atoms with Gasteiger partial charge in [-0.3, -0.25) is 0 Å². The zero-order valence-electron chi connectivity index (χ0n) is 38.0. The van der Waals surface area contributed by atoms with Gasteiger partial charge in [-0.2, -0.15) is 0 Å². The summed E-state index contributed by atoms with van der Waals surface area (Å²) in [6.07, 6.45) is 0.592. The van der Waals surface area contributed by atoms with Crippen molar-refractivity contribution < 1.29 is 46.9 Å². The maximum Gasteiger partial charge on any atom is 0.495 e. The molecule has 0 saturated carbocycles. The van der Waals surface area contributed by atoms with Crippen molar-refractivity contribution in [2.75, 3.05) is 27.7 Å². The highest BCUT2D eigenvalue weighted by Gasteiger charge is 2.31. The van der Waals surface area contributed by atoms with Gasteiger partial charge in [-0.05, 0) is 69.8 Å². The van der Waals surface area contributed by atoms with Crippen LogP contribution in [0.1, 0.15) is 45.4 Å². The van der Waals surface area contributed by atoms with Gasteiger partial charge in [0.05, 0.1) is 20.6 Å². The molecule has 0 saturated heterocycles. The number of benzene rings is 7. The Morgan fingerprint density at radius 2 is 0.652 bits per heavy atom. The van der Waals surface area contributed by atoms with Crippen LogP contribution < -0.4 is 28.4 Å².